The van der Waals surface area contributed by atoms with Crippen LogP contribution in [0.1, 0.15) is 23.0 Å². The lowest BCUT2D eigenvalue weighted by Crippen LogP contribution is -2.29. The molecule has 0 aliphatic heterocycles. The van der Waals surface area contributed by atoms with Crippen LogP contribution in [0.5, 0.6) is 0 Å². The average Bonchev–Trinajstić information content (AvgIpc) is 2.71. The van der Waals surface area contributed by atoms with Crippen molar-refractivity contribution >= 4 is 0 Å². The maximum absolute atomic E-state index is 14.3. The van der Waals surface area contributed by atoms with Crippen molar-refractivity contribution in [2.24, 2.45) is 0 Å². The summed E-state index contributed by atoms with van der Waals surface area (Å²) in [5.74, 6) is 5.38. The van der Waals surface area contributed by atoms with Crippen molar-refractivity contribution in [1.82, 2.24) is 4.98 Å². The number of aromatic nitrogens is 1. The van der Waals surface area contributed by atoms with Gasteiger partial charge in [0.1, 0.15) is 5.69 Å². The fourth-order valence-corrected chi connectivity index (χ4v) is 2.30. The van der Waals surface area contributed by atoms with Crippen LogP contribution in [0.3, 0.4) is 0 Å². The molecule has 1 N–H and O–H groups in total. The Hall–Kier alpha value is -2.18. The standard InChI is InChI=1S/C16H12FNO/c17-15-14-7-2-1-5-12(14)11-16(15,19)9-8-13-6-3-4-10-18-13/h1-7,10,15,19H,11H2. The lowest BCUT2D eigenvalue weighted by Gasteiger charge is -2.17. The topological polar surface area (TPSA) is 33.1 Å². The average molecular weight is 253 g/mol. The molecular formula is C16H12FNO. The van der Waals surface area contributed by atoms with Gasteiger partial charge in [0.15, 0.2) is 11.8 Å². The minimum absolute atomic E-state index is 0.212. The number of hydrogen-bond donors (Lipinski definition) is 1. The lowest BCUT2D eigenvalue weighted by molar-refractivity contribution is 0.0288. The first-order valence-electron chi connectivity index (χ1n) is 6.07. The third kappa shape index (κ3) is 2.11. The summed E-state index contributed by atoms with van der Waals surface area (Å²) in [6.45, 7) is 0. The first-order chi connectivity index (χ1) is 9.19. The van der Waals surface area contributed by atoms with Gasteiger partial charge in [-0.1, -0.05) is 36.3 Å². The van der Waals surface area contributed by atoms with Crippen molar-refractivity contribution in [3.63, 3.8) is 0 Å². The van der Waals surface area contributed by atoms with Gasteiger partial charge in [0.25, 0.3) is 0 Å². The highest BCUT2D eigenvalue weighted by Crippen LogP contribution is 2.41. The van der Waals surface area contributed by atoms with Gasteiger partial charge >= 0.3 is 0 Å². The summed E-state index contributed by atoms with van der Waals surface area (Å²) in [5, 5.41) is 10.4. The van der Waals surface area contributed by atoms with E-state index in [4.69, 9.17) is 0 Å². The van der Waals surface area contributed by atoms with Crippen molar-refractivity contribution in [3.8, 4) is 11.8 Å². The Bertz CT molecular complexity index is 659. The van der Waals surface area contributed by atoms with Crippen molar-refractivity contribution < 1.29 is 9.50 Å². The maximum atomic E-state index is 14.3. The minimum atomic E-state index is -1.65. The highest BCUT2D eigenvalue weighted by atomic mass is 19.1. The molecule has 1 heterocycles. The predicted octanol–water partition coefficient (Wildman–Crippen LogP) is 2.43. The molecule has 0 bridgehead atoms. The summed E-state index contributed by atoms with van der Waals surface area (Å²) in [5.41, 5.74) is 0.216. The molecule has 1 aliphatic rings. The molecule has 2 atom stereocenters. The van der Waals surface area contributed by atoms with E-state index in [9.17, 15) is 9.50 Å². The second-order valence-corrected chi connectivity index (χ2v) is 4.63. The van der Waals surface area contributed by atoms with Gasteiger partial charge in [-0.2, -0.15) is 0 Å². The van der Waals surface area contributed by atoms with E-state index in [1.807, 2.05) is 12.1 Å². The van der Waals surface area contributed by atoms with E-state index in [0.29, 0.717) is 11.3 Å². The van der Waals surface area contributed by atoms with Gasteiger partial charge < -0.3 is 5.11 Å². The zero-order valence-electron chi connectivity index (χ0n) is 10.2. The van der Waals surface area contributed by atoms with Gasteiger partial charge in [0.2, 0.25) is 0 Å². The third-order valence-corrected chi connectivity index (χ3v) is 3.28. The molecule has 2 unspecified atom stereocenters. The summed E-state index contributed by atoms with van der Waals surface area (Å²) < 4.78 is 14.3. The number of benzene rings is 1. The highest BCUT2D eigenvalue weighted by molar-refractivity contribution is 5.44. The Labute approximate surface area is 110 Å². The summed E-state index contributed by atoms with van der Waals surface area (Å²) >= 11 is 0. The molecule has 0 fully saturated rings. The third-order valence-electron chi connectivity index (χ3n) is 3.28. The van der Waals surface area contributed by atoms with Crippen LogP contribution < -0.4 is 0 Å². The first-order valence-corrected chi connectivity index (χ1v) is 6.07. The van der Waals surface area contributed by atoms with E-state index < -0.39 is 11.8 Å². The van der Waals surface area contributed by atoms with Gasteiger partial charge in [-0.15, -0.1) is 0 Å². The largest absolute Gasteiger partial charge is 0.374 e. The van der Waals surface area contributed by atoms with Crippen LogP contribution >= 0.6 is 0 Å². The first kappa shape index (κ1) is 11.9. The summed E-state index contributed by atoms with van der Waals surface area (Å²) in [6, 6.07) is 12.4. The Kier molecular flexibility index (Phi) is 2.81. The molecule has 3 rings (SSSR count). The monoisotopic (exact) mass is 253 g/mol. The van der Waals surface area contributed by atoms with E-state index in [1.165, 1.54) is 0 Å². The zero-order valence-corrected chi connectivity index (χ0v) is 10.2. The summed E-state index contributed by atoms with van der Waals surface area (Å²) in [4.78, 5) is 4.04. The lowest BCUT2D eigenvalue weighted by atomic mass is 9.99. The van der Waals surface area contributed by atoms with Crippen LogP contribution in [0, 0.1) is 11.8 Å². The van der Waals surface area contributed by atoms with Crippen LogP contribution in [0.2, 0.25) is 0 Å². The molecule has 0 amide bonds. The molecule has 0 spiro atoms. The fourth-order valence-electron chi connectivity index (χ4n) is 2.30. The molecule has 2 aromatic rings. The normalized spacial score (nSPS) is 24.4. The van der Waals surface area contributed by atoms with Crippen LogP contribution in [-0.4, -0.2) is 15.7 Å². The van der Waals surface area contributed by atoms with E-state index in [2.05, 4.69) is 16.8 Å². The Balaban J connectivity index is 1.93. The number of hydrogen-bond acceptors (Lipinski definition) is 2. The predicted molar refractivity (Wildman–Crippen MR) is 70.1 cm³/mol. The number of nitrogens with zero attached hydrogens (tertiary/aromatic N) is 1. The quantitative estimate of drug-likeness (QED) is 0.731. The molecular weight excluding hydrogens is 241 g/mol. The van der Waals surface area contributed by atoms with Crippen LogP contribution in [-0.2, 0) is 6.42 Å². The zero-order chi connectivity index (χ0) is 13.3. The van der Waals surface area contributed by atoms with Crippen LogP contribution in [0.4, 0.5) is 4.39 Å². The van der Waals surface area contributed by atoms with Gasteiger partial charge in [0, 0.05) is 12.6 Å². The number of aliphatic hydroxyl groups is 1. The van der Waals surface area contributed by atoms with Gasteiger partial charge in [-0.05, 0) is 29.2 Å². The van der Waals surface area contributed by atoms with Crippen LogP contribution in [0.15, 0.2) is 48.7 Å². The van der Waals surface area contributed by atoms with Crippen molar-refractivity contribution in [2.75, 3.05) is 0 Å². The number of halogens is 1. The number of alkyl halides is 1. The maximum Gasteiger partial charge on any atom is 0.166 e. The van der Waals surface area contributed by atoms with E-state index in [0.717, 1.165) is 5.56 Å². The van der Waals surface area contributed by atoms with E-state index >= 15 is 0 Å². The number of rotatable bonds is 0. The molecule has 0 radical (unpaired) electrons. The number of fused-ring (bicyclic) bond motifs is 1. The van der Waals surface area contributed by atoms with E-state index in [-0.39, 0.29) is 6.42 Å². The molecule has 94 valence electrons. The fraction of sp³-hybridized carbons (Fsp3) is 0.188. The Morgan fingerprint density at radius 3 is 2.74 bits per heavy atom. The Morgan fingerprint density at radius 1 is 1.21 bits per heavy atom. The number of pyridine rings is 1. The van der Waals surface area contributed by atoms with Crippen molar-refractivity contribution in [2.45, 2.75) is 18.2 Å². The van der Waals surface area contributed by atoms with E-state index in [1.54, 1.807) is 36.5 Å². The smallest absolute Gasteiger partial charge is 0.166 e. The molecule has 1 aromatic carbocycles. The SMILES string of the molecule is OC1(C#Cc2ccccn2)Cc2ccccc2C1F. The van der Waals surface area contributed by atoms with Crippen LogP contribution in [0.25, 0.3) is 0 Å². The van der Waals surface area contributed by atoms with Crippen molar-refractivity contribution in [1.29, 1.82) is 0 Å². The van der Waals surface area contributed by atoms with Gasteiger partial charge in [-0.25, -0.2) is 9.37 Å². The molecule has 1 aromatic heterocycles. The molecule has 0 saturated carbocycles. The van der Waals surface area contributed by atoms with Gasteiger partial charge in [0.05, 0.1) is 0 Å². The molecule has 0 saturated heterocycles. The second kappa shape index (κ2) is 4.49. The molecule has 1 aliphatic carbocycles. The minimum Gasteiger partial charge on any atom is -0.374 e. The highest BCUT2D eigenvalue weighted by Gasteiger charge is 2.44. The molecule has 19 heavy (non-hydrogen) atoms. The summed E-state index contributed by atoms with van der Waals surface area (Å²) in [7, 11) is 0. The van der Waals surface area contributed by atoms with Gasteiger partial charge in [-0.3, -0.25) is 0 Å². The Morgan fingerprint density at radius 2 is 2.00 bits per heavy atom. The summed E-state index contributed by atoms with van der Waals surface area (Å²) in [6.07, 6.45) is 0.356. The second-order valence-electron chi connectivity index (χ2n) is 4.63. The van der Waals surface area contributed by atoms with Crippen molar-refractivity contribution in [3.05, 3.63) is 65.5 Å². The molecule has 2 nitrogen and oxygen atoms in total. The molecule has 3 heteroatoms.